The summed E-state index contributed by atoms with van der Waals surface area (Å²) in [6.07, 6.45) is 2.50. The van der Waals surface area contributed by atoms with E-state index in [4.69, 9.17) is 5.26 Å². The quantitative estimate of drug-likeness (QED) is 0.263. The molecule has 0 atom stereocenters. The predicted molar refractivity (Wildman–Crippen MR) is 40.5 cm³/mol. The van der Waals surface area contributed by atoms with Crippen molar-refractivity contribution in [2.24, 2.45) is 0 Å². The second-order valence-corrected chi connectivity index (χ2v) is 1.71. The molecule has 3 nitrogen and oxygen atoms in total. The Hall–Kier alpha value is -1.56. The molecule has 0 bridgehead atoms. The molecule has 0 aromatic carbocycles. The number of carbonyl (C=O) groups excluding carboxylic acids is 1. The number of hydrogen-bond acceptors (Lipinski definition) is 3. The van der Waals surface area contributed by atoms with Crippen molar-refractivity contribution >= 4 is 5.97 Å². The Labute approximate surface area is 65.6 Å². The largest absolute Gasteiger partial charge is 0.462 e. The summed E-state index contributed by atoms with van der Waals surface area (Å²) in [6.45, 7) is 5.42. The van der Waals surface area contributed by atoms with Crippen molar-refractivity contribution in [3.8, 4) is 6.07 Å². The van der Waals surface area contributed by atoms with Gasteiger partial charge in [0.2, 0.25) is 0 Å². The lowest BCUT2D eigenvalue weighted by Crippen LogP contribution is -2.04. The van der Waals surface area contributed by atoms with Gasteiger partial charge in [-0.2, -0.15) is 5.26 Å². The van der Waals surface area contributed by atoms with E-state index in [0.29, 0.717) is 6.61 Å². The SMILES string of the molecule is C=C(C=CC#N)C(=O)OCC. The summed E-state index contributed by atoms with van der Waals surface area (Å²) in [5, 5.41) is 8.10. The Bertz CT molecular complexity index is 223. The van der Waals surface area contributed by atoms with Crippen LogP contribution < -0.4 is 0 Å². The number of allylic oxidation sites excluding steroid dienone is 1. The molecule has 0 heterocycles. The van der Waals surface area contributed by atoms with Gasteiger partial charge < -0.3 is 4.74 Å². The summed E-state index contributed by atoms with van der Waals surface area (Å²) in [7, 11) is 0. The lowest BCUT2D eigenvalue weighted by atomic mass is 10.3. The first kappa shape index (κ1) is 9.44. The van der Waals surface area contributed by atoms with E-state index in [1.807, 2.05) is 0 Å². The van der Waals surface area contributed by atoms with Gasteiger partial charge >= 0.3 is 5.97 Å². The molecular formula is C8H9NO2. The van der Waals surface area contributed by atoms with Crippen LogP contribution in [0.4, 0.5) is 0 Å². The maximum atomic E-state index is 10.8. The average Bonchev–Trinajstić information content (AvgIpc) is 2.00. The predicted octanol–water partition coefficient (Wildman–Crippen LogP) is 1.19. The van der Waals surface area contributed by atoms with Gasteiger partial charge in [0.1, 0.15) is 0 Å². The Kier molecular flexibility index (Phi) is 4.50. The molecule has 0 radical (unpaired) electrons. The molecule has 0 aliphatic heterocycles. The second-order valence-electron chi connectivity index (χ2n) is 1.71. The van der Waals surface area contributed by atoms with Crippen LogP contribution >= 0.6 is 0 Å². The van der Waals surface area contributed by atoms with Crippen molar-refractivity contribution in [1.29, 1.82) is 5.26 Å². The summed E-state index contributed by atoms with van der Waals surface area (Å²) in [4.78, 5) is 10.8. The van der Waals surface area contributed by atoms with E-state index < -0.39 is 5.97 Å². The molecule has 0 saturated carbocycles. The third kappa shape index (κ3) is 3.93. The van der Waals surface area contributed by atoms with Crippen LogP contribution in [0.25, 0.3) is 0 Å². The zero-order valence-electron chi connectivity index (χ0n) is 6.33. The number of hydrogen-bond donors (Lipinski definition) is 0. The van der Waals surface area contributed by atoms with Gasteiger partial charge in [-0.3, -0.25) is 0 Å². The van der Waals surface area contributed by atoms with E-state index in [1.54, 1.807) is 13.0 Å². The van der Waals surface area contributed by atoms with Crippen LogP contribution in [0.5, 0.6) is 0 Å². The van der Waals surface area contributed by atoms with Gasteiger partial charge in [-0.1, -0.05) is 6.58 Å². The van der Waals surface area contributed by atoms with E-state index in [-0.39, 0.29) is 5.57 Å². The van der Waals surface area contributed by atoms with Crippen LogP contribution in [-0.4, -0.2) is 12.6 Å². The van der Waals surface area contributed by atoms with Gasteiger partial charge in [-0.15, -0.1) is 0 Å². The molecule has 0 aliphatic rings. The summed E-state index contributed by atoms with van der Waals surface area (Å²) >= 11 is 0. The molecule has 0 aromatic rings. The molecule has 58 valence electrons. The van der Waals surface area contributed by atoms with Crippen molar-refractivity contribution in [1.82, 2.24) is 0 Å². The van der Waals surface area contributed by atoms with Crippen molar-refractivity contribution in [2.75, 3.05) is 6.61 Å². The summed E-state index contributed by atoms with van der Waals surface area (Å²) in [6, 6.07) is 1.75. The van der Waals surface area contributed by atoms with Gasteiger partial charge in [0.05, 0.1) is 18.2 Å². The minimum Gasteiger partial charge on any atom is -0.462 e. The van der Waals surface area contributed by atoms with Crippen molar-refractivity contribution in [2.45, 2.75) is 6.92 Å². The molecule has 0 N–H and O–H groups in total. The molecular weight excluding hydrogens is 142 g/mol. The fourth-order valence-corrected chi connectivity index (χ4v) is 0.430. The maximum absolute atomic E-state index is 10.8. The first-order valence-electron chi connectivity index (χ1n) is 3.14. The third-order valence-corrected chi connectivity index (χ3v) is 0.897. The topological polar surface area (TPSA) is 50.1 Å². The Balaban J connectivity index is 3.96. The molecule has 0 rings (SSSR count). The molecule has 0 fully saturated rings. The number of nitriles is 1. The number of carbonyl (C=O) groups is 1. The zero-order valence-corrected chi connectivity index (χ0v) is 6.33. The lowest BCUT2D eigenvalue weighted by Gasteiger charge is -1.98. The minimum absolute atomic E-state index is 0.188. The Morgan fingerprint density at radius 2 is 2.45 bits per heavy atom. The Morgan fingerprint density at radius 3 is 2.91 bits per heavy atom. The highest BCUT2D eigenvalue weighted by molar-refractivity contribution is 5.90. The number of rotatable bonds is 3. The fourth-order valence-electron chi connectivity index (χ4n) is 0.430. The molecule has 11 heavy (non-hydrogen) atoms. The molecule has 0 spiro atoms. The third-order valence-electron chi connectivity index (χ3n) is 0.897. The van der Waals surface area contributed by atoms with Crippen molar-refractivity contribution in [3.63, 3.8) is 0 Å². The molecule has 0 aromatic heterocycles. The van der Waals surface area contributed by atoms with Crippen LogP contribution in [0.3, 0.4) is 0 Å². The fraction of sp³-hybridized carbons (Fsp3) is 0.250. The van der Waals surface area contributed by atoms with Gasteiger partial charge in [0.15, 0.2) is 0 Å². The van der Waals surface area contributed by atoms with E-state index in [0.717, 1.165) is 0 Å². The van der Waals surface area contributed by atoms with Gasteiger partial charge in [0, 0.05) is 6.08 Å². The van der Waals surface area contributed by atoms with Crippen LogP contribution in [0.2, 0.25) is 0 Å². The Morgan fingerprint density at radius 1 is 1.82 bits per heavy atom. The first-order chi connectivity index (χ1) is 5.22. The maximum Gasteiger partial charge on any atom is 0.337 e. The molecule has 0 saturated heterocycles. The second kappa shape index (κ2) is 5.24. The van der Waals surface area contributed by atoms with Gasteiger partial charge in [-0.25, -0.2) is 4.79 Å². The smallest absolute Gasteiger partial charge is 0.337 e. The van der Waals surface area contributed by atoms with Crippen LogP contribution in [-0.2, 0) is 9.53 Å². The van der Waals surface area contributed by atoms with Crippen LogP contribution in [0.1, 0.15) is 6.92 Å². The highest BCUT2D eigenvalue weighted by atomic mass is 16.5. The highest BCUT2D eigenvalue weighted by Crippen LogP contribution is 1.95. The molecule has 0 aliphatic carbocycles. The number of esters is 1. The van der Waals surface area contributed by atoms with Crippen LogP contribution in [0.15, 0.2) is 24.3 Å². The van der Waals surface area contributed by atoms with E-state index in [9.17, 15) is 4.79 Å². The summed E-state index contributed by atoms with van der Waals surface area (Å²) in [5.74, 6) is -0.487. The minimum atomic E-state index is -0.487. The lowest BCUT2D eigenvalue weighted by molar-refractivity contribution is -0.138. The number of ether oxygens (including phenoxy) is 1. The normalized spacial score (nSPS) is 9.09. The average molecular weight is 151 g/mol. The standard InChI is InChI=1S/C8H9NO2/c1-3-11-8(10)7(2)5-4-6-9/h4-5H,2-3H2,1H3. The monoisotopic (exact) mass is 151 g/mol. The van der Waals surface area contributed by atoms with E-state index >= 15 is 0 Å². The summed E-state index contributed by atoms with van der Waals surface area (Å²) in [5.41, 5.74) is 0.188. The van der Waals surface area contributed by atoms with Gasteiger partial charge in [-0.05, 0) is 13.0 Å². The van der Waals surface area contributed by atoms with Crippen molar-refractivity contribution in [3.05, 3.63) is 24.3 Å². The molecule has 3 heteroatoms. The van der Waals surface area contributed by atoms with E-state index in [2.05, 4.69) is 11.3 Å². The summed E-state index contributed by atoms with van der Waals surface area (Å²) < 4.78 is 4.60. The van der Waals surface area contributed by atoms with Crippen molar-refractivity contribution < 1.29 is 9.53 Å². The van der Waals surface area contributed by atoms with Gasteiger partial charge in [0.25, 0.3) is 0 Å². The number of nitrogens with zero attached hydrogens (tertiary/aromatic N) is 1. The van der Waals surface area contributed by atoms with Crippen LogP contribution in [0, 0.1) is 11.3 Å². The molecule has 0 unspecified atom stereocenters. The highest BCUT2D eigenvalue weighted by Gasteiger charge is 2.01. The molecule has 0 amide bonds. The zero-order chi connectivity index (χ0) is 8.69. The van der Waals surface area contributed by atoms with E-state index in [1.165, 1.54) is 12.2 Å². The first-order valence-corrected chi connectivity index (χ1v) is 3.14.